The Kier molecular flexibility index (Phi) is 9.21. The Balaban J connectivity index is 2.37. The minimum absolute atomic E-state index is 0.0308. The third kappa shape index (κ3) is 7.78. The SMILES string of the molecule is CN=C(NCCC(=O)NC(C)C)NCCc1ccc(OC)c(OC)c1. The smallest absolute Gasteiger partial charge is 0.221 e. The number of hydrogen-bond donors (Lipinski definition) is 3. The molecule has 1 aromatic carbocycles. The lowest BCUT2D eigenvalue weighted by atomic mass is 10.1. The van der Waals surface area contributed by atoms with Crippen LogP contribution in [0, 0.1) is 0 Å². The van der Waals surface area contributed by atoms with Gasteiger partial charge in [0.15, 0.2) is 17.5 Å². The van der Waals surface area contributed by atoms with Gasteiger partial charge in [-0.3, -0.25) is 9.79 Å². The van der Waals surface area contributed by atoms with Gasteiger partial charge < -0.3 is 25.4 Å². The monoisotopic (exact) mass is 350 g/mol. The van der Waals surface area contributed by atoms with Crippen LogP contribution in [0.15, 0.2) is 23.2 Å². The van der Waals surface area contributed by atoms with E-state index in [1.807, 2.05) is 32.0 Å². The molecule has 0 saturated carbocycles. The van der Waals surface area contributed by atoms with E-state index in [2.05, 4.69) is 20.9 Å². The number of carbonyl (C=O) groups is 1. The number of nitrogens with one attached hydrogen (secondary N) is 3. The van der Waals surface area contributed by atoms with Crippen LogP contribution in [0.3, 0.4) is 0 Å². The van der Waals surface area contributed by atoms with Gasteiger partial charge in [-0.05, 0) is 38.0 Å². The molecule has 0 aliphatic rings. The van der Waals surface area contributed by atoms with Gasteiger partial charge in [-0.1, -0.05) is 6.07 Å². The first kappa shape index (κ1) is 20.6. The van der Waals surface area contributed by atoms with Crippen molar-refractivity contribution in [1.82, 2.24) is 16.0 Å². The zero-order valence-electron chi connectivity index (χ0n) is 15.8. The summed E-state index contributed by atoms with van der Waals surface area (Å²) in [6, 6.07) is 6.03. The van der Waals surface area contributed by atoms with Gasteiger partial charge in [0.05, 0.1) is 14.2 Å². The Hall–Kier alpha value is -2.44. The minimum Gasteiger partial charge on any atom is -0.493 e. The van der Waals surface area contributed by atoms with E-state index in [0.29, 0.717) is 25.5 Å². The van der Waals surface area contributed by atoms with E-state index in [9.17, 15) is 4.79 Å². The number of carbonyl (C=O) groups excluding carboxylic acids is 1. The Bertz CT molecular complexity index is 573. The standard InChI is InChI=1S/C18H30N4O3/c1-13(2)22-17(23)9-11-21-18(19-3)20-10-8-14-6-7-15(24-4)16(12-14)25-5/h6-7,12-13H,8-11H2,1-5H3,(H,22,23)(H2,19,20,21). The lowest BCUT2D eigenvalue weighted by Crippen LogP contribution is -2.40. The maximum Gasteiger partial charge on any atom is 0.221 e. The van der Waals surface area contributed by atoms with E-state index >= 15 is 0 Å². The first-order valence-electron chi connectivity index (χ1n) is 8.45. The molecule has 7 heteroatoms. The molecule has 25 heavy (non-hydrogen) atoms. The van der Waals surface area contributed by atoms with Crippen molar-refractivity contribution < 1.29 is 14.3 Å². The van der Waals surface area contributed by atoms with Crippen molar-refractivity contribution in [1.29, 1.82) is 0 Å². The maximum atomic E-state index is 11.6. The molecule has 0 atom stereocenters. The number of aliphatic imine (C=N–C) groups is 1. The quantitative estimate of drug-likeness (QED) is 0.462. The normalized spacial score (nSPS) is 11.2. The molecule has 0 radical (unpaired) electrons. The van der Waals surface area contributed by atoms with E-state index in [1.54, 1.807) is 21.3 Å². The number of nitrogens with zero attached hydrogens (tertiary/aromatic N) is 1. The number of guanidine groups is 1. The van der Waals surface area contributed by atoms with Crippen LogP contribution in [-0.4, -0.2) is 52.3 Å². The summed E-state index contributed by atoms with van der Waals surface area (Å²) in [5.41, 5.74) is 1.14. The van der Waals surface area contributed by atoms with Crippen LogP contribution in [0.1, 0.15) is 25.8 Å². The molecule has 7 nitrogen and oxygen atoms in total. The highest BCUT2D eigenvalue weighted by molar-refractivity contribution is 5.81. The number of methoxy groups -OCH3 is 2. The number of benzene rings is 1. The first-order chi connectivity index (χ1) is 12.0. The molecule has 0 fully saturated rings. The largest absolute Gasteiger partial charge is 0.493 e. The number of hydrogen-bond acceptors (Lipinski definition) is 4. The van der Waals surface area contributed by atoms with Crippen LogP contribution in [0.2, 0.25) is 0 Å². The molecule has 3 N–H and O–H groups in total. The number of rotatable bonds is 9. The molecule has 1 rings (SSSR count). The highest BCUT2D eigenvalue weighted by Gasteiger charge is 2.06. The van der Waals surface area contributed by atoms with E-state index in [1.165, 1.54) is 0 Å². The zero-order valence-corrected chi connectivity index (χ0v) is 15.8. The number of amides is 1. The van der Waals surface area contributed by atoms with Gasteiger partial charge >= 0.3 is 0 Å². The van der Waals surface area contributed by atoms with E-state index in [0.717, 1.165) is 23.5 Å². The molecule has 0 spiro atoms. The van der Waals surface area contributed by atoms with Crippen molar-refractivity contribution in [3.8, 4) is 11.5 Å². The number of ether oxygens (including phenoxy) is 2. The van der Waals surface area contributed by atoms with E-state index < -0.39 is 0 Å². The van der Waals surface area contributed by atoms with Crippen LogP contribution in [0.25, 0.3) is 0 Å². The van der Waals surface area contributed by atoms with Gasteiger partial charge in [-0.25, -0.2) is 0 Å². The predicted octanol–water partition coefficient (Wildman–Crippen LogP) is 1.33. The summed E-state index contributed by atoms with van der Waals surface area (Å²) >= 11 is 0. The van der Waals surface area contributed by atoms with Gasteiger partial charge in [-0.15, -0.1) is 0 Å². The van der Waals surface area contributed by atoms with E-state index in [-0.39, 0.29) is 11.9 Å². The fraction of sp³-hybridized carbons (Fsp3) is 0.556. The second-order valence-corrected chi connectivity index (χ2v) is 5.84. The highest BCUT2D eigenvalue weighted by Crippen LogP contribution is 2.27. The first-order valence-corrected chi connectivity index (χ1v) is 8.45. The van der Waals surface area contributed by atoms with Crippen LogP contribution in [-0.2, 0) is 11.2 Å². The lowest BCUT2D eigenvalue weighted by Gasteiger charge is -2.13. The van der Waals surface area contributed by atoms with Crippen LogP contribution >= 0.6 is 0 Å². The average molecular weight is 350 g/mol. The van der Waals surface area contributed by atoms with Crippen LogP contribution in [0.5, 0.6) is 11.5 Å². The van der Waals surface area contributed by atoms with Gasteiger partial charge in [0, 0.05) is 32.6 Å². The summed E-state index contributed by atoms with van der Waals surface area (Å²) in [6.45, 7) is 5.14. The van der Waals surface area contributed by atoms with Gasteiger partial charge in [0.25, 0.3) is 0 Å². The fourth-order valence-corrected chi connectivity index (χ4v) is 2.27. The summed E-state index contributed by atoms with van der Waals surface area (Å²) < 4.78 is 10.5. The molecule has 1 amide bonds. The second kappa shape index (κ2) is 11.2. The molecule has 140 valence electrons. The van der Waals surface area contributed by atoms with Crippen molar-refractivity contribution in [3.63, 3.8) is 0 Å². The molecule has 0 saturated heterocycles. The van der Waals surface area contributed by atoms with Gasteiger partial charge in [0.1, 0.15) is 0 Å². The fourth-order valence-electron chi connectivity index (χ4n) is 2.27. The summed E-state index contributed by atoms with van der Waals surface area (Å²) in [5, 5.41) is 9.23. The van der Waals surface area contributed by atoms with Crippen molar-refractivity contribution in [2.45, 2.75) is 32.7 Å². The zero-order chi connectivity index (χ0) is 18.7. The molecule has 0 aliphatic carbocycles. The minimum atomic E-state index is 0.0308. The molecule has 0 unspecified atom stereocenters. The molecule has 0 aliphatic heterocycles. The Morgan fingerprint density at radius 3 is 2.40 bits per heavy atom. The topological polar surface area (TPSA) is 84.0 Å². The molecular weight excluding hydrogens is 320 g/mol. The average Bonchev–Trinajstić information content (AvgIpc) is 2.59. The van der Waals surface area contributed by atoms with Crippen molar-refractivity contribution in [2.75, 3.05) is 34.4 Å². The van der Waals surface area contributed by atoms with Gasteiger partial charge in [0.2, 0.25) is 5.91 Å². The molecular formula is C18H30N4O3. The van der Waals surface area contributed by atoms with Crippen molar-refractivity contribution in [2.24, 2.45) is 4.99 Å². The van der Waals surface area contributed by atoms with Crippen molar-refractivity contribution >= 4 is 11.9 Å². The molecule has 0 bridgehead atoms. The molecule has 1 aromatic rings. The molecule has 0 heterocycles. The summed E-state index contributed by atoms with van der Waals surface area (Å²) in [6.07, 6.45) is 1.23. The predicted molar refractivity (Wildman–Crippen MR) is 101 cm³/mol. The van der Waals surface area contributed by atoms with Crippen LogP contribution in [0.4, 0.5) is 0 Å². The van der Waals surface area contributed by atoms with Crippen molar-refractivity contribution in [3.05, 3.63) is 23.8 Å². The van der Waals surface area contributed by atoms with E-state index in [4.69, 9.17) is 9.47 Å². The lowest BCUT2D eigenvalue weighted by molar-refractivity contribution is -0.121. The third-order valence-electron chi connectivity index (χ3n) is 3.47. The van der Waals surface area contributed by atoms with Crippen LogP contribution < -0.4 is 25.4 Å². The highest BCUT2D eigenvalue weighted by atomic mass is 16.5. The third-order valence-corrected chi connectivity index (χ3v) is 3.47. The summed E-state index contributed by atoms with van der Waals surface area (Å²) in [5.74, 6) is 2.15. The Labute approximate surface area is 150 Å². The maximum absolute atomic E-state index is 11.6. The van der Waals surface area contributed by atoms with Gasteiger partial charge in [-0.2, -0.15) is 0 Å². The Morgan fingerprint density at radius 1 is 1.12 bits per heavy atom. The second-order valence-electron chi connectivity index (χ2n) is 5.84. The Morgan fingerprint density at radius 2 is 1.80 bits per heavy atom. The summed E-state index contributed by atoms with van der Waals surface area (Å²) in [4.78, 5) is 15.8. The molecule has 0 aromatic heterocycles. The summed E-state index contributed by atoms with van der Waals surface area (Å²) in [7, 11) is 4.96.